The summed E-state index contributed by atoms with van der Waals surface area (Å²) in [5.41, 5.74) is 0.397. The fourth-order valence-corrected chi connectivity index (χ4v) is 4.19. The minimum Gasteiger partial charge on any atom is -0.503 e. The van der Waals surface area contributed by atoms with Crippen LogP contribution < -0.4 is 4.74 Å². The number of ether oxygens (including phenoxy) is 1. The molecule has 176 valence electrons. The number of fused-ring (bicyclic) bond motifs is 1. The molecule has 10 nitrogen and oxygen atoms in total. The number of rotatable bonds is 7. The van der Waals surface area contributed by atoms with E-state index in [0.717, 1.165) is 0 Å². The van der Waals surface area contributed by atoms with Gasteiger partial charge < -0.3 is 23.6 Å². The number of non-ortho nitro benzene ring substituents is 1. The average molecular weight is 474 g/mol. The number of furan rings is 2. The molecule has 10 heteroatoms. The molecular weight excluding hydrogens is 456 g/mol. The topological polar surface area (TPSA) is 136 Å². The first kappa shape index (κ1) is 22.0. The lowest BCUT2D eigenvalue weighted by Gasteiger charge is -2.25. The van der Waals surface area contributed by atoms with Gasteiger partial charge in [0.15, 0.2) is 22.9 Å². The fourth-order valence-electron chi connectivity index (χ4n) is 4.19. The number of benzene rings is 2. The van der Waals surface area contributed by atoms with Crippen LogP contribution in [0.1, 0.15) is 27.9 Å². The van der Waals surface area contributed by atoms with Crippen molar-refractivity contribution in [2.24, 2.45) is 0 Å². The van der Waals surface area contributed by atoms with Gasteiger partial charge in [-0.1, -0.05) is 12.1 Å². The first-order chi connectivity index (χ1) is 16.9. The number of para-hydroxylation sites is 1. The molecule has 1 aliphatic heterocycles. The quantitative estimate of drug-likeness (QED) is 0.231. The standard InChI is InChI=1S/C25H18N2O8/c1-33-18-6-2-4-15-12-19(35-24(15)18)22(28)20-21(14-7-9-16(10-8-14)27(31)32)26(25(30)23(20)29)13-17-5-3-11-34-17/h2-12,21,29H,13H2,1H3. The average Bonchev–Trinajstić information content (AvgIpc) is 3.59. The normalized spacial score (nSPS) is 15.7. The second-order valence-corrected chi connectivity index (χ2v) is 7.84. The Morgan fingerprint density at radius 2 is 1.94 bits per heavy atom. The number of nitro groups is 1. The molecule has 2 aromatic heterocycles. The molecule has 0 saturated heterocycles. The molecule has 35 heavy (non-hydrogen) atoms. The molecule has 4 aromatic rings. The Morgan fingerprint density at radius 1 is 1.17 bits per heavy atom. The van der Waals surface area contributed by atoms with Gasteiger partial charge in [-0.05, 0) is 42.0 Å². The Bertz CT molecular complexity index is 1480. The van der Waals surface area contributed by atoms with Crippen LogP contribution in [0.2, 0.25) is 0 Å². The predicted molar refractivity (Wildman–Crippen MR) is 122 cm³/mol. The van der Waals surface area contributed by atoms with Gasteiger partial charge >= 0.3 is 0 Å². The van der Waals surface area contributed by atoms with Gasteiger partial charge in [-0.25, -0.2) is 0 Å². The third-order valence-electron chi connectivity index (χ3n) is 5.83. The zero-order chi connectivity index (χ0) is 24.7. The van der Waals surface area contributed by atoms with Crippen molar-refractivity contribution < 1.29 is 33.2 Å². The van der Waals surface area contributed by atoms with Crippen molar-refractivity contribution in [3.8, 4) is 5.75 Å². The predicted octanol–water partition coefficient (Wildman–Crippen LogP) is 4.72. The molecule has 1 amide bonds. The van der Waals surface area contributed by atoms with E-state index in [2.05, 4.69) is 0 Å². The van der Waals surface area contributed by atoms with E-state index in [1.807, 2.05) is 0 Å². The van der Waals surface area contributed by atoms with Gasteiger partial charge in [0.2, 0.25) is 5.78 Å². The van der Waals surface area contributed by atoms with Crippen LogP contribution in [-0.2, 0) is 11.3 Å². The summed E-state index contributed by atoms with van der Waals surface area (Å²) in [5.74, 6) is -1.43. The summed E-state index contributed by atoms with van der Waals surface area (Å²) >= 11 is 0. The second kappa shape index (κ2) is 8.49. The summed E-state index contributed by atoms with van der Waals surface area (Å²) in [4.78, 5) is 38.5. The van der Waals surface area contributed by atoms with Crippen molar-refractivity contribution in [3.63, 3.8) is 0 Å². The summed E-state index contributed by atoms with van der Waals surface area (Å²) in [6.45, 7) is -0.0394. The molecule has 1 atom stereocenters. The van der Waals surface area contributed by atoms with Crippen LogP contribution >= 0.6 is 0 Å². The number of hydrogen-bond donors (Lipinski definition) is 1. The number of carbonyl (C=O) groups is 2. The summed E-state index contributed by atoms with van der Waals surface area (Å²) in [5, 5.41) is 22.5. The summed E-state index contributed by atoms with van der Waals surface area (Å²) < 4.78 is 16.4. The molecule has 5 rings (SSSR count). The maximum Gasteiger partial charge on any atom is 0.290 e. The molecule has 0 aliphatic carbocycles. The highest BCUT2D eigenvalue weighted by Gasteiger charge is 2.45. The van der Waals surface area contributed by atoms with Crippen LogP contribution in [0.3, 0.4) is 0 Å². The van der Waals surface area contributed by atoms with Crippen molar-refractivity contribution in [3.05, 3.63) is 105 Å². The van der Waals surface area contributed by atoms with E-state index in [-0.39, 0.29) is 23.6 Å². The van der Waals surface area contributed by atoms with E-state index in [0.29, 0.717) is 28.0 Å². The molecule has 1 aliphatic rings. The number of nitro benzene ring substituents is 1. The first-order valence-electron chi connectivity index (χ1n) is 10.5. The van der Waals surface area contributed by atoms with E-state index in [1.165, 1.54) is 48.6 Å². The van der Waals surface area contributed by atoms with E-state index in [1.54, 1.807) is 30.3 Å². The highest BCUT2D eigenvalue weighted by atomic mass is 16.6. The van der Waals surface area contributed by atoms with Gasteiger partial charge in [0.25, 0.3) is 11.6 Å². The number of aliphatic hydroxyl groups excluding tert-OH is 1. The van der Waals surface area contributed by atoms with Gasteiger partial charge in [-0.15, -0.1) is 0 Å². The minimum absolute atomic E-state index is 0.0394. The molecule has 0 radical (unpaired) electrons. The lowest BCUT2D eigenvalue weighted by molar-refractivity contribution is -0.384. The van der Waals surface area contributed by atoms with Crippen LogP contribution in [0.4, 0.5) is 5.69 Å². The smallest absolute Gasteiger partial charge is 0.290 e. The van der Waals surface area contributed by atoms with Gasteiger partial charge in [-0.2, -0.15) is 0 Å². The molecule has 0 saturated carbocycles. The molecule has 2 aromatic carbocycles. The highest BCUT2D eigenvalue weighted by molar-refractivity contribution is 6.16. The van der Waals surface area contributed by atoms with Crippen molar-refractivity contribution in [2.45, 2.75) is 12.6 Å². The minimum atomic E-state index is -1.03. The third kappa shape index (κ3) is 3.70. The van der Waals surface area contributed by atoms with Crippen molar-refractivity contribution >= 4 is 28.3 Å². The SMILES string of the molecule is COc1cccc2cc(C(=O)C3=C(O)C(=O)N(Cc4ccco4)C3c3ccc([N+](=O)[O-])cc3)oc12. The maximum atomic E-state index is 13.6. The third-order valence-corrected chi connectivity index (χ3v) is 5.83. The number of carbonyl (C=O) groups excluding carboxylic acids is 2. The van der Waals surface area contributed by atoms with Crippen LogP contribution in [0, 0.1) is 10.1 Å². The van der Waals surface area contributed by atoms with Crippen molar-refractivity contribution in [2.75, 3.05) is 7.11 Å². The van der Waals surface area contributed by atoms with Gasteiger partial charge in [-0.3, -0.25) is 19.7 Å². The van der Waals surface area contributed by atoms with Crippen LogP contribution in [0.15, 0.2) is 87.1 Å². The number of amides is 1. The molecule has 0 fully saturated rings. The number of aliphatic hydroxyl groups is 1. The van der Waals surface area contributed by atoms with Crippen LogP contribution in [0.5, 0.6) is 5.75 Å². The Morgan fingerprint density at radius 3 is 2.60 bits per heavy atom. The Hall–Kier alpha value is -4.86. The first-order valence-corrected chi connectivity index (χ1v) is 10.5. The highest BCUT2D eigenvalue weighted by Crippen LogP contribution is 2.41. The molecule has 1 unspecified atom stereocenters. The zero-order valence-corrected chi connectivity index (χ0v) is 18.3. The molecular formula is C25H18N2O8. The Balaban J connectivity index is 1.61. The van der Waals surface area contributed by atoms with E-state index >= 15 is 0 Å². The summed E-state index contributed by atoms with van der Waals surface area (Å²) in [7, 11) is 1.47. The van der Waals surface area contributed by atoms with Crippen molar-refractivity contribution in [1.29, 1.82) is 0 Å². The number of ketones is 1. The molecule has 3 heterocycles. The monoisotopic (exact) mass is 474 g/mol. The Labute approximate surface area is 197 Å². The number of hydrogen-bond acceptors (Lipinski definition) is 8. The number of methoxy groups -OCH3 is 1. The van der Waals surface area contributed by atoms with Crippen molar-refractivity contribution in [1.82, 2.24) is 4.90 Å². The van der Waals surface area contributed by atoms with Crippen LogP contribution in [0.25, 0.3) is 11.0 Å². The lowest BCUT2D eigenvalue weighted by atomic mass is 9.94. The number of nitrogens with zero attached hydrogens (tertiary/aromatic N) is 2. The largest absolute Gasteiger partial charge is 0.503 e. The van der Waals surface area contributed by atoms with Gasteiger partial charge in [0, 0.05) is 17.5 Å². The lowest BCUT2D eigenvalue weighted by Crippen LogP contribution is -2.30. The van der Waals surface area contributed by atoms with E-state index in [9.17, 15) is 24.8 Å². The fraction of sp³-hybridized carbons (Fsp3) is 0.120. The maximum absolute atomic E-state index is 13.6. The zero-order valence-electron chi connectivity index (χ0n) is 18.3. The van der Waals surface area contributed by atoms with Crippen LogP contribution in [-0.4, -0.2) is 33.7 Å². The van der Waals surface area contributed by atoms with Gasteiger partial charge in [0.05, 0.1) is 36.5 Å². The second-order valence-electron chi connectivity index (χ2n) is 7.84. The summed E-state index contributed by atoms with van der Waals surface area (Å²) in [6.07, 6.45) is 1.44. The molecule has 0 bridgehead atoms. The van der Waals surface area contributed by atoms with E-state index in [4.69, 9.17) is 13.6 Å². The summed E-state index contributed by atoms with van der Waals surface area (Å²) in [6, 6.07) is 14.4. The molecule has 0 spiro atoms. The molecule has 1 N–H and O–H groups in total. The Kier molecular flexibility index (Phi) is 5.33. The van der Waals surface area contributed by atoms with Gasteiger partial charge in [0.1, 0.15) is 5.76 Å². The van der Waals surface area contributed by atoms with E-state index < -0.39 is 28.4 Å². The number of Topliss-reactive ketones (excluding diaryl/α,β-unsaturated/α-hetero) is 1.